The average Bonchev–Trinajstić information content (AvgIpc) is 2.54. The number of rotatable bonds is 4. The highest BCUT2D eigenvalue weighted by Crippen LogP contribution is 2.19. The van der Waals surface area contributed by atoms with Gasteiger partial charge < -0.3 is 15.5 Å². The van der Waals surface area contributed by atoms with Gasteiger partial charge in [-0.05, 0) is 50.6 Å². The molecule has 1 aliphatic rings. The minimum atomic E-state index is -0.169. The minimum absolute atomic E-state index is 0.0173. The van der Waals surface area contributed by atoms with Gasteiger partial charge in [-0.2, -0.15) is 0 Å². The standard InChI is InChI=1S/C16H23N3O2/c1-17-11-12-6-8-19(9-7-12)16(21)14-5-3-4-13(10-14)15(20)18-2/h3-5,10,12,17H,6-9,11H2,1-2H3,(H,18,20). The van der Waals surface area contributed by atoms with Gasteiger partial charge in [0.2, 0.25) is 0 Å². The normalized spacial score (nSPS) is 15.8. The van der Waals surface area contributed by atoms with Crippen LogP contribution in [0.5, 0.6) is 0 Å². The molecule has 0 bridgehead atoms. The maximum absolute atomic E-state index is 12.5. The van der Waals surface area contributed by atoms with Gasteiger partial charge in [-0.25, -0.2) is 0 Å². The largest absolute Gasteiger partial charge is 0.355 e. The van der Waals surface area contributed by atoms with Gasteiger partial charge in [0.25, 0.3) is 11.8 Å². The third kappa shape index (κ3) is 3.82. The van der Waals surface area contributed by atoms with E-state index in [-0.39, 0.29) is 11.8 Å². The van der Waals surface area contributed by atoms with Crippen LogP contribution in [0.2, 0.25) is 0 Å². The first kappa shape index (κ1) is 15.5. The number of carbonyl (C=O) groups excluding carboxylic acids is 2. The van der Waals surface area contributed by atoms with Crippen molar-refractivity contribution in [1.82, 2.24) is 15.5 Å². The van der Waals surface area contributed by atoms with Gasteiger partial charge in [0.15, 0.2) is 0 Å². The van der Waals surface area contributed by atoms with E-state index < -0.39 is 0 Å². The van der Waals surface area contributed by atoms with Crippen LogP contribution in [0.15, 0.2) is 24.3 Å². The lowest BCUT2D eigenvalue weighted by Crippen LogP contribution is -2.40. The minimum Gasteiger partial charge on any atom is -0.355 e. The molecule has 0 aliphatic carbocycles. The number of benzene rings is 1. The molecule has 1 aromatic rings. The molecule has 2 amide bonds. The summed E-state index contributed by atoms with van der Waals surface area (Å²) in [5.41, 5.74) is 1.11. The third-order valence-electron chi connectivity index (χ3n) is 3.99. The molecule has 0 unspecified atom stereocenters. The van der Waals surface area contributed by atoms with Crippen LogP contribution in [-0.2, 0) is 0 Å². The fourth-order valence-electron chi connectivity index (χ4n) is 2.75. The van der Waals surface area contributed by atoms with Gasteiger partial charge in [-0.1, -0.05) is 6.07 Å². The van der Waals surface area contributed by atoms with Crippen molar-refractivity contribution >= 4 is 11.8 Å². The first-order valence-corrected chi connectivity index (χ1v) is 7.41. The van der Waals surface area contributed by atoms with Crippen LogP contribution >= 0.6 is 0 Å². The van der Waals surface area contributed by atoms with Crippen LogP contribution < -0.4 is 10.6 Å². The molecule has 2 N–H and O–H groups in total. The Morgan fingerprint density at radius 2 is 1.86 bits per heavy atom. The fourth-order valence-corrected chi connectivity index (χ4v) is 2.75. The Labute approximate surface area is 125 Å². The summed E-state index contributed by atoms with van der Waals surface area (Å²) in [6.07, 6.45) is 2.06. The molecule has 1 heterocycles. The predicted octanol–water partition coefficient (Wildman–Crippen LogP) is 1.12. The van der Waals surface area contributed by atoms with Crippen LogP contribution in [0.25, 0.3) is 0 Å². The van der Waals surface area contributed by atoms with Crippen molar-refractivity contribution in [2.75, 3.05) is 33.7 Å². The van der Waals surface area contributed by atoms with E-state index in [4.69, 9.17) is 0 Å². The molecule has 0 radical (unpaired) electrons. The summed E-state index contributed by atoms with van der Waals surface area (Å²) >= 11 is 0. The molecule has 5 heteroatoms. The number of hydrogen-bond acceptors (Lipinski definition) is 3. The molecule has 114 valence electrons. The first-order chi connectivity index (χ1) is 10.2. The Hall–Kier alpha value is -1.88. The molecule has 1 aliphatic heterocycles. The first-order valence-electron chi connectivity index (χ1n) is 7.41. The Morgan fingerprint density at radius 3 is 2.48 bits per heavy atom. The zero-order valence-corrected chi connectivity index (χ0v) is 12.7. The van der Waals surface area contributed by atoms with Crippen LogP contribution in [0.3, 0.4) is 0 Å². The van der Waals surface area contributed by atoms with E-state index >= 15 is 0 Å². The summed E-state index contributed by atoms with van der Waals surface area (Å²) in [6.45, 7) is 2.58. The molecule has 1 aromatic carbocycles. The third-order valence-corrected chi connectivity index (χ3v) is 3.99. The predicted molar refractivity (Wildman–Crippen MR) is 82.4 cm³/mol. The second-order valence-electron chi connectivity index (χ2n) is 5.45. The summed E-state index contributed by atoms with van der Waals surface area (Å²) in [4.78, 5) is 26.0. The summed E-state index contributed by atoms with van der Waals surface area (Å²) in [7, 11) is 3.55. The van der Waals surface area contributed by atoms with Gasteiger partial charge >= 0.3 is 0 Å². The molecule has 0 spiro atoms. The number of likely N-dealkylation sites (tertiary alicyclic amines) is 1. The molecule has 0 aromatic heterocycles. The topological polar surface area (TPSA) is 61.4 Å². The second-order valence-corrected chi connectivity index (χ2v) is 5.45. The van der Waals surface area contributed by atoms with E-state index in [0.29, 0.717) is 17.0 Å². The number of nitrogens with zero attached hydrogens (tertiary/aromatic N) is 1. The number of carbonyl (C=O) groups is 2. The Bertz CT molecular complexity index is 508. The fraction of sp³-hybridized carbons (Fsp3) is 0.500. The average molecular weight is 289 g/mol. The number of nitrogens with one attached hydrogen (secondary N) is 2. The van der Waals surface area contributed by atoms with E-state index in [1.807, 2.05) is 11.9 Å². The lowest BCUT2D eigenvalue weighted by atomic mass is 9.96. The van der Waals surface area contributed by atoms with E-state index in [1.165, 1.54) is 0 Å². The van der Waals surface area contributed by atoms with Crippen molar-refractivity contribution < 1.29 is 9.59 Å². The lowest BCUT2D eigenvalue weighted by molar-refractivity contribution is 0.0691. The van der Waals surface area contributed by atoms with E-state index in [9.17, 15) is 9.59 Å². The molecule has 21 heavy (non-hydrogen) atoms. The molecular formula is C16H23N3O2. The van der Waals surface area contributed by atoms with Crippen molar-refractivity contribution in [2.45, 2.75) is 12.8 Å². The van der Waals surface area contributed by atoms with Gasteiger partial charge in [-0.3, -0.25) is 9.59 Å². The summed E-state index contributed by atoms with van der Waals surface area (Å²) < 4.78 is 0. The van der Waals surface area contributed by atoms with Gasteiger partial charge in [0.1, 0.15) is 0 Å². The molecule has 2 rings (SSSR count). The molecule has 0 atom stereocenters. The smallest absolute Gasteiger partial charge is 0.253 e. The monoisotopic (exact) mass is 289 g/mol. The molecule has 1 saturated heterocycles. The van der Waals surface area contributed by atoms with Gasteiger partial charge in [0.05, 0.1) is 0 Å². The Balaban J connectivity index is 2.02. The maximum Gasteiger partial charge on any atom is 0.253 e. The highest BCUT2D eigenvalue weighted by molar-refractivity contribution is 5.99. The van der Waals surface area contributed by atoms with Crippen molar-refractivity contribution in [3.63, 3.8) is 0 Å². The van der Waals surface area contributed by atoms with Crippen molar-refractivity contribution in [3.8, 4) is 0 Å². The summed E-state index contributed by atoms with van der Waals surface area (Å²) in [6, 6.07) is 6.91. The lowest BCUT2D eigenvalue weighted by Gasteiger charge is -2.32. The molecule has 1 fully saturated rings. The van der Waals surface area contributed by atoms with E-state index in [1.54, 1.807) is 31.3 Å². The molecule has 5 nitrogen and oxygen atoms in total. The van der Waals surface area contributed by atoms with Crippen molar-refractivity contribution in [2.24, 2.45) is 5.92 Å². The summed E-state index contributed by atoms with van der Waals surface area (Å²) in [5.74, 6) is 0.497. The Kier molecular flexibility index (Phi) is 5.33. The molecular weight excluding hydrogens is 266 g/mol. The quantitative estimate of drug-likeness (QED) is 0.873. The second kappa shape index (κ2) is 7.22. The number of hydrogen-bond donors (Lipinski definition) is 2. The highest BCUT2D eigenvalue weighted by atomic mass is 16.2. The zero-order valence-electron chi connectivity index (χ0n) is 12.7. The number of piperidine rings is 1. The van der Waals surface area contributed by atoms with Crippen LogP contribution in [0.1, 0.15) is 33.6 Å². The van der Waals surface area contributed by atoms with E-state index in [2.05, 4.69) is 10.6 Å². The zero-order chi connectivity index (χ0) is 15.2. The van der Waals surface area contributed by atoms with Crippen LogP contribution in [0, 0.1) is 5.92 Å². The number of amides is 2. The van der Waals surface area contributed by atoms with Crippen molar-refractivity contribution in [1.29, 1.82) is 0 Å². The molecule has 0 saturated carbocycles. The summed E-state index contributed by atoms with van der Waals surface area (Å²) in [5, 5.41) is 5.77. The Morgan fingerprint density at radius 1 is 1.19 bits per heavy atom. The SMILES string of the molecule is CNCC1CCN(C(=O)c2cccc(C(=O)NC)c2)CC1. The highest BCUT2D eigenvalue weighted by Gasteiger charge is 2.23. The van der Waals surface area contributed by atoms with Crippen molar-refractivity contribution in [3.05, 3.63) is 35.4 Å². The van der Waals surface area contributed by atoms with Crippen LogP contribution in [0.4, 0.5) is 0 Å². The maximum atomic E-state index is 12.5. The van der Waals surface area contributed by atoms with Gasteiger partial charge in [0, 0.05) is 31.3 Å². The van der Waals surface area contributed by atoms with Gasteiger partial charge in [-0.15, -0.1) is 0 Å². The van der Waals surface area contributed by atoms with Crippen LogP contribution in [-0.4, -0.2) is 50.4 Å². The van der Waals surface area contributed by atoms with E-state index in [0.717, 1.165) is 32.5 Å².